The number of aromatic nitrogens is 3. The second kappa shape index (κ2) is 7.79. The van der Waals surface area contributed by atoms with Crippen LogP contribution in [-0.2, 0) is 11.8 Å². The van der Waals surface area contributed by atoms with E-state index in [1.807, 2.05) is 61.8 Å². The van der Waals surface area contributed by atoms with Gasteiger partial charge >= 0.3 is 0 Å². The highest BCUT2D eigenvalue weighted by molar-refractivity contribution is 8.15. The fourth-order valence-electron chi connectivity index (χ4n) is 3.57. The van der Waals surface area contributed by atoms with Crippen LogP contribution in [0.4, 0.5) is 5.82 Å². The van der Waals surface area contributed by atoms with Gasteiger partial charge in [0.1, 0.15) is 5.75 Å². The van der Waals surface area contributed by atoms with E-state index in [-0.39, 0.29) is 5.91 Å². The van der Waals surface area contributed by atoms with Crippen LogP contribution in [0.15, 0.2) is 59.7 Å². The molecule has 0 aliphatic carbocycles. The fraction of sp³-hybridized carbons (Fsp3) is 0.136. The largest absolute Gasteiger partial charge is 0.497 e. The molecule has 0 radical (unpaired) electrons. The molecule has 9 heteroatoms. The second-order valence-electron chi connectivity index (χ2n) is 7.07. The number of hydrogen-bond acceptors (Lipinski definition) is 5. The number of carbonyl (C=O) groups is 1. The highest BCUT2D eigenvalue weighted by Gasteiger charge is 2.20. The predicted molar refractivity (Wildman–Crippen MR) is 125 cm³/mol. The van der Waals surface area contributed by atoms with E-state index >= 15 is 0 Å². The Kier molecular flexibility index (Phi) is 4.95. The summed E-state index contributed by atoms with van der Waals surface area (Å²) in [6, 6.07) is 15.3. The monoisotopic (exact) mass is 451 g/mol. The van der Waals surface area contributed by atoms with Gasteiger partial charge < -0.3 is 14.6 Å². The number of halogens is 1. The lowest BCUT2D eigenvalue weighted by Gasteiger charge is -2.05. The van der Waals surface area contributed by atoms with E-state index in [0.29, 0.717) is 21.8 Å². The molecule has 1 saturated heterocycles. The number of benzene rings is 2. The molecule has 1 fully saturated rings. The number of amidine groups is 1. The summed E-state index contributed by atoms with van der Waals surface area (Å²) >= 11 is 7.59. The maximum atomic E-state index is 11.6. The molecule has 7 nitrogen and oxygen atoms in total. The van der Waals surface area contributed by atoms with Crippen molar-refractivity contribution >= 4 is 51.2 Å². The Hall–Kier alpha value is -3.23. The molecule has 2 aromatic heterocycles. The number of hydrogen-bond donors (Lipinski definition) is 1. The van der Waals surface area contributed by atoms with Gasteiger partial charge in [-0.3, -0.25) is 4.79 Å². The lowest BCUT2D eigenvalue weighted by atomic mass is 10.1. The van der Waals surface area contributed by atoms with E-state index in [4.69, 9.17) is 21.4 Å². The zero-order chi connectivity index (χ0) is 21.5. The van der Waals surface area contributed by atoms with Crippen molar-refractivity contribution in [1.82, 2.24) is 19.7 Å². The van der Waals surface area contributed by atoms with Gasteiger partial charge in [-0.1, -0.05) is 29.4 Å². The van der Waals surface area contributed by atoms with E-state index in [0.717, 1.165) is 33.6 Å². The quantitative estimate of drug-likeness (QED) is 0.494. The van der Waals surface area contributed by atoms with Crippen molar-refractivity contribution in [1.29, 1.82) is 0 Å². The van der Waals surface area contributed by atoms with Gasteiger partial charge in [-0.25, -0.2) is 9.67 Å². The Morgan fingerprint density at radius 3 is 2.84 bits per heavy atom. The summed E-state index contributed by atoms with van der Waals surface area (Å²) < 4.78 is 9.21. The summed E-state index contributed by atoms with van der Waals surface area (Å²) in [5, 5.41) is 9.81. The average molecular weight is 452 g/mol. The molecular weight excluding hydrogens is 434 g/mol. The van der Waals surface area contributed by atoms with Gasteiger partial charge in [-0.2, -0.15) is 5.10 Å². The minimum atomic E-state index is -0.0565. The Labute approximate surface area is 187 Å². The molecule has 0 spiro atoms. The molecule has 0 unspecified atom stereocenters. The number of carbonyl (C=O) groups excluding carboxylic acids is 1. The van der Waals surface area contributed by atoms with Crippen LogP contribution in [-0.4, -0.2) is 38.3 Å². The van der Waals surface area contributed by atoms with Crippen molar-refractivity contribution in [3.05, 3.63) is 59.8 Å². The fourth-order valence-corrected chi connectivity index (χ4v) is 4.44. The first-order valence-corrected chi connectivity index (χ1v) is 10.9. The number of ether oxygens (including phenoxy) is 1. The van der Waals surface area contributed by atoms with Crippen molar-refractivity contribution < 1.29 is 9.53 Å². The number of nitrogens with zero attached hydrogens (tertiary/aromatic N) is 4. The molecule has 4 aromatic rings. The van der Waals surface area contributed by atoms with Gasteiger partial charge in [0.15, 0.2) is 11.0 Å². The van der Waals surface area contributed by atoms with Gasteiger partial charge in [-0.15, -0.1) is 0 Å². The second-order valence-corrected chi connectivity index (χ2v) is 8.47. The Morgan fingerprint density at radius 2 is 2.10 bits per heavy atom. The SMILES string of the molecule is COc1ccc2c(c1)c(-c1cc(N=C3NC(=O)CS3)n(-c3cccc(Cl)c3)n1)cn2C. The first-order valence-electron chi connectivity index (χ1n) is 9.52. The standard InChI is InChI=1S/C22H18ClN5O2S/c1-27-11-17(16-9-15(30-2)6-7-19(16)27)18-10-20(24-22-25-21(29)12-31-22)28(26-18)14-5-3-4-13(23)8-14/h3-11H,12H2,1-2H3,(H,24,25,29). The zero-order valence-corrected chi connectivity index (χ0v) is 18.4. The minimum Gasteiger partial charge on any atom is -0.497 e. The molecule has 0 bridgehead atoms. The van der Waals surface area contributed by atoms with Gasteiger partial charge in [0.05, 0.1) is 24.2 Å². The highest BCUT2D eigenvalue weighted by atomic mass is 35.5. The summed E-state index contributed by atoms with van der Waals surface area (Å²) in [6.45, 7) is 0. The highest BCUT2D eigenvalue weighted by Crippen LogP contribution is 2.35. The zero-order valence-electron chi connectivity index (χ0n) is 16.8. The van der Waals surface area contributed by atoms with Gasteiger partial charge in [0, 0.05) is 40.8 Å². The third-order valence-electron chi connectivity index (χ3n) is 5.02. The molecule has 2 aromatic carbocycles. The van der Waals surface area contributed by atoms with E-state index in [9.17, 15) is 4.79 Å². The number of aliphatic imine (C=N–C) groups is 1. The first-order chi connectivity index (χ1) is 15.0. The van der Waals surface area contributed by atoms with Gasteiger partial charge in [0.25, 0.3) is 0 Å². The van der Waals surface area contributed by atoms with Crippen LogP contribution >= 0.6 is 23.4 Å². The normalized spacial score (nSPS) is 15.1. The van der Waals surface area contributed by atoms with Crippen molar-refractivity contribution in [2.24, 2.45) is 12.0 Å². The van der Waals surface area contributed by atoms with Crippen LogP contribution < -0.4 is 10.1 Å². The third-order valence-corrected chi connectivity index (χ3v) is 6.13. The lowest BCUT2D eigenvalue weighted by Crippen LogP contribution is -2.20. The average Bonchev–Trinajstić information content (AvgIpc) is 3.45. The molecular formula is C22H18ClN5O2S. The Balaban J connectivity index is 1.70. The van der Waals surface area contributed by atoms with Crippen LogP contribution in [0.25, 0.3) is 27.8 Å². The van der Waals surface area contributed by atoms with Crippen molar-refractivity contribution in [3.63, 3.8) is 0 Å². The van der Waals surface area contributed by atoms with E-state index in [1.54, 1.807) is 11.8 Å². The molecule has 3 heterocycles. The maximum absolute atomic E-state index is 11.6. The summed E-state index contributed by atoms with van der Waals surface area (Å²) in [5.74, 6) is 1.68. The molecule has 0 atom stereocenters. The summed E-state index contributed by atoms with van der Waals surface area (Å²) in [7, 11) is 3.65. The number of amides is 1. The number of nitrogens with one attached hydrogen (secondary N) is 1. The van der Waals surface area contributed by atoms with Crippen LogP contribution in [0, 0.1) is 0 Å². The van der Waals surface area contributed by atoms with Crippen LogP contribution in [0.1, 0.15) is 0 Å². The van der Waals surface area contributed by atoms with Crippen molar-refractivity contribution in [2.45, 2.75) is 0 Å². The van der Waals surface area contributed by atoms with Crippen LogP contribution in [0.3, 0.4) is 0 Å². The molecule has 31 heavy (non-hydrogen) atoms. The molecule has 1 aliphatic rings. The molecule has 1 N–H and O–H groups in total. The third kappa shape index (κ3) is 3.68. The van der Waals surface area contributed by atoms with Crippen LogP contribution in [0.5, 0.6) is 5.75 Å². The van der Waals surface area contributed by atoms with Gasteiger partial charge in [-0.05, 0) is 36.4 Å². The van der Waals surface area contributed by atoms with E-state index in [2.05, 4.69) is 14.9 Å². The number of fused-ring (bicyclic) bond motifs is 1. The maximum Gasteiger partial charge on any atom is 0.236 e. The van der Waals surface area contributed by atoms with Gasteiger partial charge in [0.2, 0.25) is 5.91 Å². The molecule has 1 aliphatic heterocycles. The predicted octanol–water partition coefficient (Wildman–Crippen LogP) is 4.54. The first kappa shape index (κ1) is 19.7. The number of thioether (sulfide) groups is 1. The molecule has 156 valence electrons. The Bertz CT molecular complexity index is 1360. The van der Waals surface area contributed by atoms with E-state index in [1.165, 1.54) is 11.8 Å². The lowest BCUT2D eigenvalue weighted by molar-refractivity contribution is -0.116. The summed E-state index contributed by atoms with van der Waals surface area (Å²) in [4.78, 5) is 16.3. The molecule has 1 amide bonds. The topological polar surface area (TPSA) is 73.4 Å². The van der Waals surface area contributed by atoms with E-state index < -0.39 is 0 Å². The summed E-state index contributed by atoms with van der Waals surface area (Å²) in [5.41, 5.74) is 3.57. The number of rotatable bonds is 4. The summed E-state index contributed by atoms with van der Waals surface area (Å²) in [6.07, 6.45) is 2.04. The van der Waals surface area contributed by atoms with Crippen LogP contribution in [0.2, 0.25) is 5.02 Å². The van der Waals surface area contributed by atoms with Crippen molar-refractivity contribution in [2.75, 3.05) is 12.9 Å². The smallest absolute Gasteiger partial charge is 0.236 e. The number of methoxy groups -OCH3 is 1. The minimum absolute atomic E-state index is 0.0565. The molecule has 5 rings (SSSR count). The number of aryl methyl sites for hydroxylation is 1. The van der Waals surface area contributed by atoms with Crippen molar-refractivity contribution in [3.8, 4) is 22.7 Å². The molecule has 0 saturated carbocycles. The Morgan fingerprint density at radius 1 is 1.23 bits per heavy atom.